The zero-order chi connectivity index (χ0) is 24.7. The first kappa shape index (κ1) is 25.6. The van der Waals surface area contributed by atoms with Crippen LogP contribution in [0.25, 0.3) is 0 Å². The van der Waals surface area contributed by atoms with Crippen LogP contribution in [0.15, 0.2) is 42.5 Å². The van der Waals surface area contributed by atoms with Gasteiger partial charge in [0.05, 0.1) is 21.9 Å². The lowest BCUT2D eigenvalue weighted by Crippen LogP contribution is -2.52. The second-order valence-corrected chi connectivity index (χ2v) is 11.7. The lowest BCUT2D eigenvalue weighted by Gasteiger charge is -2.30. The van der Waals surface area contributed by atoms with E-state index < -0.39 is 41.9 Å². The summed E-state index contributed by atoms with van der Waals surface area (Å²) in [6.07, 6.45) is 0.864. The number of halogens is 5. The van der Waals surface area contributed by atoms with Crippen molar-refractivity contribution in [3.05, 3.63) is 68.7 Å². The van der Waals surface area contributed by atoms with Crippen molar-refractivity contribution in [2.75, 3.05) is 6.54 Å². The standard InChI is InChI=1S/C23H17Br2Cl3N2O4/c24-16-8-14-15(9-17(16)25)23(34)30(22(14)33)29(10-20(31)11-1-4-13(26)5-2-11)21(32)12-3-6-18(27)19(28)7-12/h1-7,14-17H,8-10H2/t14-,15+,16+,17-. The summed E-state index contributed by atoms with van der Waals surface area (Å²) < 4.78 is 0. The summed E-state index contributed by atoms with van der Waals surface area (Å²) in [5.41, 5.74) is 0.374. The maximum Gasteiger partial charge on any atom is 0.273 e. The van der Waals surface area contributed by atoms with Gasteiger partial charge in [-0.1, -0.05) is 66.7 Å². The van der Waals surface area contributed by atoms with E-state index in [1.807, 2.05) is 0 Å². The number of ketones is 1. The first-order valence-corrected chi connectivity index (χ1v) is 13.3. The maximum absolute atomic E-state index is 13.5. The number of nitrogens with zero attached hydrogens (tertiary/aromatic N) is 2. The number of rotatable bonds is 5. The van der Waals surface area contributed by atoms with Crippen LogP contribution >= 0.6 is 66.7 Å². The van der Waals surface area contributed by atoms with Gasteiger partial charge in [0.25, 0.3) is 17.7 Å². The summed E-state index contributed by atoms with van der Waals surface area (Å²) in [5.74, 6) is -3.35. The van der Waals surface area contributed by atoms with Gasteiger partial charge in [0.15, 0.2) is 5.78 Å². The van der Waals surface area contributed by atoms with Crippen molar-refractivity contribution in [3.63, 3.8) is 0 Å². The molecule has 1 heterocycles. The minimum Gasteiger partial charge on any atom is -0.292 e. The molecule has 178 valence electrons. The Bertz CT molecular complexity index is 1150. The van der Waals surface area contributed by atoms with Gasteiger partial charge in [-0.05, 0) is 55.3 Å². The Morgan fingerprint density at radius 1 is 0.853 bits per heavy atom. The summed E-state index contributed by atoms with van der Waals surface area (Å²) in [5, 5.41) is 2.56. The lowest BCUT2D eigenvalue weighted by atomic mass is 9.81. The summed E-state index contributed by atoms with van der Waals surface area (Å²) in [6, 6.07) is 10.3. The van der Waals surface area contributed by atoms with Crippen LogP contribution in [0.5, 0.6) is 0 Å². The van der Waals surface area contributed by atoms with Gasteiger partial charge in [0.2, 0.25) is 0 Å². The van der Waals surface area contributed by atoms with E-state index in [0.717, 1.165) is 10.0 Å². The van der Waals surface area contributed by atoms with Crippen LogP contribution in [0.4, 0.5) is 0 Å². The SMILES string of the molecule is O=C(CN(C(=O)c1ccc(Cl)c(Cl)c1)N1C(=O)[C@H]2C[C@@H](Br)[C@@H](Br)C[C@H]2C1=O)c1ccc(Cl)cc1. The molecule has 2 aromatic rings. The number of fused-ring (bicyclic) bond motifs is 1. The summed E-state index contributed by atoms with van der Waals surface area (Å²) in [6.45, 7) is -0.521. The van der Waals surface area contributed by atoms with Crippen LogP contribution < -0.4 is 0 Å². The van der Waals surface area contributed by atoms with Crippen molar-refractivity contribution < 1.29 is 19.2 Å². The topological polar surface area (TPSA) is 74.8 Å². The molecule has 11 heteroatoms. The third-order valence-corrected chi connectivity index (χ3v) is 9.71. The highest BCUT2D eigenvalue weighted by Gasteiger charge is 2.54. The Labute approximate surface area is 227 Å². The molecule has 3 amide bonds. The van der Waals surface area contributed by atoms with E-state index in [-0.39, 0.29) is 30.8 Å². The average molecular weight is 652 g/mol. The molecule has 6 nitrogen and oxygen atoms in total. The lowest BCUT2D eigenvalue weighted by molar-refractivity contribution is -0.154. The van der Waals surface area contributed by atoms with E-state index in [9.17, 15) is 19.2 Å². The molecule has 34 heavy (non-hydrogen) atoms. The predicted octanol–water partition coefficient (Wildman–Crippen LogP) is 5.81. The minimum atomic E-state index is -0.716. The van der Waals surface area contributed by atoms with E-state index >= 15 is 0 Å². The van der Waals surface area contributed by atoms with Crippen molar-refractivity contribution >= 4 is 90.2 Å². The summed E-state index contributed by atoms with van der Waals surface area (Å²) in [7, 11) is 0. The molecule has 0 aromatic heterocycles. The Balaban J connectivity index is 1.71. The molecule has 4 atom stereocenters. The van der Waals surface area contributed by atoms with Gasteiger partial charge in [-0.15, -0.1) is 0 Å². The van der Waals surface area contributed by atoms with Crippen LogP contribution in [0.2, 0.25) is 15.1 Å². The van der Waals surface area contributed by atoms with Crippen LogP contribution in [-0.4, -0.2) is 49.7 Å². The highest BCUT2D eigenvalue weighted by Crippen LogP contribution is 2.43. The molecule has 0 spiro atoms. The van der Waals surface area contributed by atoms with E-state index in [1.165, 1.54) is 30.3 Å². The molecule has 0 bridgehead atoms. The zero-order valence-electron chi connectivity index (χ0n) is 17.4. The Hall–Kier alpha value is -1.45. The highest BCUT2D eigenvalue weighted by atomic mass is 79.9. The molecule has 0 radical (unpaired) electrons. The van der Waals surface area contributed by atoms with E-state index in [2.05, 4.69) is 31.9 Å². The van der Waals surface area contributed by atoms with Crippen molar-refractivity contribution in [1.29, 1.82) is 0 Å². The average Bonchev–Trinajstić information content (AvgIpc) is 3.03. The van der Waals surface area contributed by atoms with Gasteiger partial charge in [-0.2, -0.15) is 5.01 Å². The fourth-order valence-electron chi connectivity index (χ4n) is 4.19. The van der Waals surface area contributed by atoms with Gasteiger partial charge >= 0.3 is 0 Å². The van der Waals surface area contributed by atoms with Gasteiger partial charge in [0, 0.05) is 25.8 Å². The normalized spacial score (nSPS) is 24.2. The summed E-state index contributed by atoms with van der Waals surface area (Å²) in [4.78, 5) is 53.3. The number of imide groups is 1. The van der Waals surface area contributed by atoms with Crippen molar-refractivity contribution in [1.82, 2.24) is 10.0 Å². The Morgan fingerprint density at radius 2 is 1.38 bits per heavy atom. The van der Waals surface area contributed by atoms with Crippen molar-refractivity contribution in [2.24, 2.45) is 11.8 Å². The Morgan fingerprint density at radius 3 is 1.91 bits per heavy atom. The number of hydrogen-bond donors (Lipinski definition) is 0. The molecular formula is C23H17Br2Cl3N2O4. The largest absolute Gasteiger partial charge is 0.292 e. The number of hydrazine groups is 1. The van der Waals surface area contributed by atoms with E-state index in [0.29, 0.717) is 17.9 Å². The predicted molar refractivity (Wildman–Crippen MR) is 137 cm³/mol. The van der Waals surface area contributed by atoms with Crippen molar-refractivity contribution in [3.8, 4) is 0 Å². The van der Waals surface area contributed by atoms with E-state index in [4.69, 9.17) is 34.8 Å². The number of amides is 3. The second kappa shape index (κ2) is 10.3. The Kier molecular flexibility index (Phi) is 7.74. The fraction of sp³-hybridized carbons (Fsp3) is 0.304. The fourth-order valence-corrected chi connectivity index (χ4v) is 5.85. The molecule has 1 saturated carbocycles. The number of carbonyl (C=O) groups excluding carboxylic acids is 4. The van der Waals surface area contributed by atoms with Gasteiger partial charge in [-0.3, -0.25) is 19.2 Å². The molecule has 1 saturated heterocycles. The first-order chi connectivity index (χ1) is 16.1. The monoisotopic (exact) mass is 648 g/mol. The molecule has 2 aliphatic rings. The highest BCUT2D eigenvalue weighted by molar-refractivity contribution is 9.12. The van der Waals surface area contributed by atoms with Gasteiger partial charge in [-0.25, -0.2) is 5.01 Å². The second-order valence-electron chi connectivity index (χ2n) is 8.13. The number of hydrogen-bond acceptors (Lipinski definition) is 4. The number of carbonyl (C=O) groups is 4. The third kappa shape index (κ3) is 4.93. The maximum atomic E-state index is 13.5. The van der Waals surface area contributed by atoms with Crippen LogP contribution in [0.1, 0.15) is 33.6 Å². The van der Waals surface area contributed by atoms with Crippen LogP contribution in [0, 0.1) is 11.8 Å². The first-order valence-electron chi connectivity index (χ1n) is 10.3. The molecule has 0 N–H and O–H groups in total. The molecule has 1 aliphatic heterocycles. The third-order valence-electron chi connectivity index (χ3n) is 5.99. The molecule has 1 aliphatic carbocycles. The molecule has 4 rings (SSSR count). The molecule has 0 unspecified atom stereocenters. The van der Waals surface area contributed by atoms with Gasteiger partial charge in [0.1, 0.15) is 6.54 Å². The van der Waals surface area contributed by atoms with Crippen LogP contribution in [-0.2, 0) is 9.59 Å². The number of benzene rings is 2. The van der Waals surface area contributed by atoms with Gasteiger partial charge < -0.3 is 0 Å². The summed E-state index contributed by atoms with van der Waals surface area (Å²) >= 11 is 25.1. The smallest absolute Gasteiger partial charge is 0.273 e. The van der Waals surface area contributed by atoms with E-state index in [1.54, 1.807) is 12.1 Å². The van der Waals surface area contributed by atoms with Crippen LogP contribution in [0.3, 0.4) is 0 Å². The molecule has 2 fully saturated rings. The molecular weight excluding hydrogens is 634 g/mol. The quantitative estimate of drug-likeness (QED) is 0.233. The zero-order valence-corrected chi connectivity index (χ0v) is 22.8. The van der Waals surface area contributed by atoms with Crippen molar-refractivity contribution in [2.45, 2.75) is 22.5 Å². The number of Topliss-reactive ketones (excluding diaryl/α,β-unsaturated/α-hetero) is 1. The minimum absolute atomic E-state index is 0.000345. The number of alkyl halides is 2. The molecule has 2 aromatic carbocycles.